The lowest BCUT2D eigenvalue weighted by Gasteiger charge is -2.54. The SMILES string of the molecule is COCCOCO[C@@H]1C=C2CC[C@H]3C=CC(=O)C[C@@]2(CC1)[C@@H]3O[Si](C)(C)C(C)(C)C. The van der Waals surface area contributed by atoms with Gasteiger partial charge >= 0.3 is 0 Å². The van der Waals surface area contributed by atoms with Crippen LogP contribution in [0.3, 0.4) is 0 Å². The predicted molar refractivity (Wildman–Crippen MR) is 121 cm³/mol. The van der Waals surface area contributed by atoms with Crippen LogP contribution in [0.4, 0.5) is 0 Å². The maximum atomic E-state index is 12.7. The molecule has 5 nitrogen and oxygen atoms in total. The molecule has 3 aliphatic rings. The molecule has 4 atom stereocenters. The van der Waals surface area contributed by atoms with Gasteiger partial charge in [0, 0.05) is 24.9 Å². The highest BCUT2D eigenvalue weighted by atomic mass is 28.4. The van der Waals surface area contributed by atoms with Crippen LogP contribution in [0.25, 0.3) is 0 Å². The molecule has 0 saturated heterocycles. The lowest BCUT2D eigenvalue weighted by atomic mass is 9.58. The fourth-order valence-corrected chi connectivity index (χ4v) is 6.23. The molecule has 0 aromatic rings. The molecule has 0 aromatic heterocycles. The van der Waals surface area contributed by atoms with Crippen molar-refractivity contribution < 1.29 is 23.4 Å². The zero-order valence-corrected chi connectivity index (χ0v) is 20.7. The Morgan fingerprint density at radius 1 is 1.20 bits per heavy atom. The molecule has 0 N–H and O–H groups in total. The summed E-state index contributed by atoms with van der Waals surface area (Å²) in [5, 5.41) is 0.141. The summed E-state index contributed by atoms with van der Waals surface area (Å²) in [6.45, 7) is 12.9. The molecule has 0 amide bonds. The van der Waals surface area contributed by atoms with E-state index in [1.165, 1.54) is 5.57 Å². The van der Waals surface area contributed by atoms with E-state index in [9.17, 15) is 4.79 Å². The van der Waals surface area contributed by atoms with Crippen LogP contribution in [0.5, 0.6) is 0 Å². The average molecular weight is 437 g/mol. The summed E-state index contributed by atoms with van der Waals surface area (Å²) in [4.78, 5) is 12.7. The second-order valence-electron chi connectivity index (χ2n) is 10.6. The van der Waals surface area contributed by atoms with Gasteiger partial charge in [-0.25, -0.2) is 0 Å². The number of fused-ring (bicyclic) bond motifs is 1. The average Bonchev–Trinajstić information content (AvgIpc) is 2.73. The number of carbonyl (C=O) groups excluding carboxylic acids is 1. The molecule has 0 aliphatic heterocycles. The van der Waals surface area contributed by atoms with Gasteiger partial charge in [0.1, 0.15) is 6.79 Å². The normalized spacial score (nSPS) is 31.9. The van der Waals surface area contributed by atoms with E-state index in [2.05, 4.69) is 46.0 Å². The molecule has 3 aliphatic carbocycles. The molecule has 3 rings (SSSR count). The van der Waals surface area contributed by atoms with Crippen molar-refractivity contribution in [3.05, 3.63) is 23.8 Å². The molecule has 0 aromatic carbocycles. The largest absolute Gasteiger partial charge is 0.412 e. The van der Waals surface area contributed by atoms with Crippen LogP contribution in [-0.4, -0.2) is 53.4 Å². The van der Waals surface area contributed by atoms with Crippen LogP contribution >= 0.6 is 0 Å². The first-order valence-corrected chi connectivity index (χ1v) is 14.3. The number of ether oxygens (including phenoxy) is 3. The number of carbonyl (C=O) groups is 1. The van der Waals surface area contributed by atoms with Gasteiger partial charge in [0.2, 0.25) is 0 Å². The van der Waals surface area contributed by atoms with Crippen molar-refractivity contribution >= 4 is 14.1 Å². The first-order valence-electron chi connectivity index (χ1n) is 11.4. The van der Waals surface area contributed by atoms with Gasteiger partial charge in [0.15, 0.2) is 14.1 Å². The Bertz CT molecular complexity index is 678. The summed E-state index contributed by atoms with van der Waals surface area (Å²) in [6.07, 6.45) is 10.8. The third-order valence-corrected chi connectivity index (χ3v) is 12.1. The fraction of sp³-hybridized carbons (Fsp3) is 0.792. The summed E-state index contributed by atoms with van der Waals surface area (Å²) < 4.78 is 23.5. The molecule has 1 spiro atoms. The van der Waals surface area contributed by atoms with Crippen LogP contribution < -0.4 is 0 Å². The van der Waals surface area contributed by atoms with Crippen LogP contribution in [0.2, 0.25) is 18.1 Å². The molecule has 0 radical (unpaired) electrons. The van der Waals surface area contributed by atoms with E-state index in [1.54, 1.807) is 7.11 Å². The summed E-state index contributed by atoms with van der Waals surface area (Å²) in [7, 11) is -0.307. The second-order valence-corrected chi connectivity index (χ2v) is 15.4. The quantitative estimate of drug-likeness (QED) is 0.231. The molecule has 0 unspecified atom stereocenters. The minimum Gasteiger partial charge on any atom is -0.412 e. The molecule has 30 heavy (non-hydrogen) atoms. The molecule has 1 fully saturated rings. The van der Waals surface area contributed by atoms with Crippen molar-refractivity contribution in [3.8, 4) is 0 Å². The molecule has 0 heterocycles. The molecule has 2 bridgehead atoms. The van der Waals surface area contributed by atoms with Crippen molar-refractivity contribution in [1.29, 1.82) is 0 Å². The van der Waals surface area contributed by atoms with Crippen LogP contribution in [0, 0.1) is 11.3 Å². The topological polar surface area (TPSA) is 54.0 Å². The predicted octanol–water partition coefficient (Wildman–Crippen LogP) is 5.03. The molecular weight excluding hydrogens is 396 g/mol. The van der Waals surface area contributed by atoms with Gasteiger partial charge < -0.3 is 18.6 Å². The maximum absolute atomic E-state index is 12.7. The van der Waals surface area contributed by atoms with Gasteiger partial charge in [-0.3, -0.25) is 4.79 Å². The Morgan fingerprint density at radius 2 is 1.97 bits per heavy atom. The highest BCUT2D eigenvalue weighted by molar-refractivity contribution is 6.74. The number of rotatable bonds is 8. The van der Waals surface area contributed by atoms with E-state index in [0.717, 1.165) is 25.7 Å². The summed E-state index contributed by atoms with van der Waals surface area (Å²) >= 11 is 0. The van der Waals surface area contributed by atoms with Crippen LogP contribution in [0.15, 0.2) is 23.8 Å². The first kappa shape index (κ1) is 23.9. The van der Waals surface area contributed by atoms with Crippen molar-refractivity contribution in [2.24, 2.45) is 11.3 Å². The fourth-order valence-electron chi connectivity index (χ4n) is 4.84. The van der Waals surface area contributed by atoms with Crippen molar-refractivity contribution in [2.45, 2.75) is 83.2 Å². The number of hydrogen-bond acceptors (Lipinski definition) is 5. The lowest BCUT2D eigenvalue weighted by Crippen LogP contribution is -2.55. The smallest absolute Gasteiger partial charge is 0.192 e. The van der Waals surface area contributed by atoms with E-state index >= 15 is 0 Å². The summed E-state index contributed by atoms with van der Waals surface area (Å²) in [5.74, 6) is 0.550. The Balaban J connectivity index is 1.82. The third kappa shape index (κ3) is 4.99. The zero-order valence-electron chi connectivity index (χ0n) is 19.7. The number of hydrogen-bond donors (Lipinski definition) is 0. The summed E-state index contributed by atoms with van der Waals surface area (Å²) in [6, 6.07) is 0. The standard InChI is InChI=1S/C24H40O5Si/c1-23(2,3)30(5,6)29-22-18-7-9-19-15-21(28-17-27-14-13-26-4)11-12-24(19,22)16-20(25)10-8-18/h8,10,15,18,21-22H,7,9,11-14,16-17H2,1-6H3/t18-,21-,22+,24+/m0/s1. The van der Waals surface area contributed by atoms with Gasteiger partial charge in [-0.15, -0.1) is 0 Å². The van der Waals surface area contributed by atoms with E-state index < -0.39 is 8.32 Å². The maximum Gasteiger partial charge on any atom is 0.192 e. The van der Waals surface area contributed by atoms with E-state index in [0.29, 0.717) is 25.6 Å². The van der Waals surface area contributed by atoms with Gasteiger partial charge in [-0.05, 0) is 49.9 Å². The van der Waals surface area contributed by atoms with Crippen LogP contribution in [-0.2, 0) is 23.4 Å². The Labute approximate surface area is 183 Å². The highest BCUT2D eigenvalue weighted by Crippen LogP contribution is 2.56. The number of ketones is 1. The van der Waals surface area contributed by atoms with Crippen LogP contribution in [0.1, 0.15) is 52.9 Å². The molecule has 1 saturated carbocycles. The Morgan fingerprint density at radius 3 is 2.67 bits per heavy atom. The molecule has 6 heteroatoms. The van der Waals surface area contributed by atoms with Crippen molar-refractivity contribution in [1.82, 2.24) is 0 Å². The highest BCUT2D eigenvalue weighted by Gasteiger charge is 2.54. The van der Waals surface area contributed by atoms with Crippen molar-refractivity contribution in [3.63, 3.8) is 0 Å². The van der Waals surface area contributed by atoms with Gasteiger partial charge in [-0.1, -0.05) is 38.5 Å². The third-order valence-electron chi connectivity index (χ3n) is 7.63. The minimum atomic E-state index is -1.97. The van der Waals surface area contributed by atoms with Crippen molar-refractivity contribution in [2.75, 3.05) is 27.1 Å². The van der Waals surface area contributed by atoms with Gasteiger partial charge in [-0.2, -0.15) is 0 Å². The summed E-state index contributed by atoms with van der Waals surface area (Å²) in [5.41, 5.74) is 1.18. The number of allylic oxidation sites excluding steroid dienone is 1. The lowest BCUT2D eigenvalue weighted by molar-refractivity contribution is -0.120. The van der Waals surface area contributed by atoms with Gasteiger partial charge in [0.25, 0.3) is 0 Å². The van der Waals surface area contributed by atoms with E-state index in [-0.39, 0.29) is 35.2 Å². The van der Waals surface area contributed by atoms with Gasteiger partial charge in [0.05, 0.1) is 25.4 Å². The molecular formula is C24H40O5Si. The second kappa shape index (κ2) is 9.37. The van der Waals surface area contributed by atoms with E-state index in [1.807, 2.05) is 6.08 Å². The zero-order chi connectivity index (χ0) is 22.0. The van der Waals surface area contributed by atoms with E-state index in [4.69, 9.17) is 18.6 Å². The molecule has 170 valence electrons. The Hall–Kier alpha value is -0.793. The minimum absolute atomic E-state index is 0.0459. The number of methoxy groups -OCH3 is 1. The Kier molecular flexibility index (Phi) is 7.45. The monoisotopic (exact) mass is 436 g/mol. The first-order chi connectivity index (χ1) is 14.1.